The fourth-order valence-electron chi connectivity index (χ4n) is 6.06. The molecule has 0 amide bonds. The number of rotatable bonds is 0. The van der Waals surface area contributed by atoms with Crippen LogP contribution in [0.2, 0.25) is 15.1 Å². The minimum atomic E-state index is -0.178. The lowest BCUT2D eigenvalue weighted by molar-refractivity contribution is 1.72. The Morgan fingerprint density at radius 2 is 0.971 bits per heavy atom. The van der Waals surface area contributed by atoms with Crippen molar-refractivity contribution in [3.05, 3.63) is 102 Å². The molecule has 8 aromatic rings. The van der Waals surface area contributed by atoms with Gasteiger partial charge in [-0.05, 0) is 73.4 Å². The summed E-state index contributed by atoms with van der Waals surface area (Å²) in [5, 5.41) is 12.3. The zero-order chi connectivity index (χ0) is 23.7. The molecule has 0 aliphatic heterocycles. The van der Waals surface area contributed by atoms with Gasteiger partial charge in [-0.3, -0.25) is 9.59 Å². The molecule has 2 nitrogen and oxygen atoms in total. The largest absolute Gasteiger partial charge is 0.289 e. The summed E-state index contributed by atoms with van der Waals surface area (Å²) in [4.78, 5) is 27.1. The molecule has 0 atom stereocenters. The molecule has 0 aliphatic rings. The Balaban J connectivity index is 1.77. The van der Waals surface area contributed by atoms with Crippen LogP contribution in [0.5, 0.6) is 0 Å². The van der Waals surface area contributed by atoms with Gasteiger partial charge in [-0.1, -0.05) is 71.2 Å². The van der Waals surface area contributed by atoms with Crippen molar-refractivity contribution in [2.45, 2.75) is 0 Å². The van der Waals surface area contributed by atoms with E-state index in [1.807, 2.05) is 48.5 Å². The van der Waals surface area contributed by atoms with E-state index < -0.39 is 0 Å². The van der Waals surface area contributed by atoms with E-state index in [0.717, 1.165) is 48.5 Å². The highest BCUT2D eigenvalue weighted by atomic mass is 35.5. The first kappa shape index (κ1) is 19.8. The average molecular weight is 510 g/mol. The lowest BCUT2D eigenvalue weighted by Crippen LogP contribution is -2.06. The number of fused-ring (bicyclic) bond motifs is 4. The van der Waals surface area contributed by atoms with Crippen LogP contribution in [0.15, 0.2) is 76.3 Å². The van der Waals surface area contributed by atoms with Crippen molar-refractivity contribution in [1.82, 2.24) is 0 Å². The summed E-state index contributed by atoms with van der Waals surface area (Å²) < 4.78 is 0. The highest BCUT2D eigenvalue weighted by Crippen LogP contribution is 2.46. The minimum absolute atomic E-state index is 0.0215. The lowest BCUT2D eigenvalue weighted by atomic mass is 9.84. The molecule has 8 rings (SSSR count). The second kappa shape index (κ2) is 6.41. The molecule has 0 N–H and O–H groups in total. The lowest BCUT2D eigenvalue weighted by Gasteiger charge is -2.19. The van der Waals surface area contributed by atoms with Gasteiger partial charge in [0.2, 0.25) is 0 Å². The summed E-state index contributed by atoms with van der Waals surface area (Å²) in [5.41, 5.74) is -0.156. The second-order valence-electron chi connectivity index (χ2n) is 9.13. The minimum Gasteiger partial charge on any atom is -0.289 e. The molecular formula is C30H11Cl3O2. The number of hydrogen-bond acceptors (Lipinski definition) is 2. The van der Waals surface area contributed by atoms with Gasteiger partial charge in [0.1, 0.15) is 0 Å². The normalized spacial score (nSPS) is 12.7. The van der Waals surface area contributed by atoms with E-state index >= 15 is 0 Å². The third-order valence-corrected chi connectivity index (χ3v) is 8.76. The Hall–Kier alpha value is -3.43. The van der Waals surface area contributed by atoms with Gasteiger partial charge >= 0.3 is 0 Å². The van der Waals surface area contributed by atoms with Gasteiger partial charge in [-0.2, -0.15) is 0 Å². The SMILES string of the molecule is O=c1c2ccccc2c2cc3ccc4c(=O)c5c(Cl)c(Cl)c(Cl)cc5c5cc6ccc1c2c6c3c45. The summed E-state index contributed by atoms with van der Waals surface area (Å²) in [5.74, 6) is 0. The van der Waals surface area contributed by atoms with Crippen LogP contribution in [0.4, 0.5) is 0 Å². The molecule has 0 saturated heterocycles. The molecule has 0 aromatic heterocycles. The van der Waals surface area contributed by atoms with Crippen LogP contribution in [0, 0.1) is 0 Å². The predicted molar refractivity (Wildman–Crippen MR) is 150 cm³/mol. The molecule has 0 fully saturated rings. The Morgan fingerprint density at radius 3 is 1.63 bits per heavy atom. The molecule has 0 spiro atoms. The summed E-state index contributed by atoms with van der Waals surface area (Å²) in [6.45, 7) is 0. The maximum absolute atomic E-state index is 13.7. The number of halogens is 3. The van der Waals surface area contributed by atoms with Crippen LogP contribution in [-0.4, -0.2) is 0 Å². The summed E-state index contributed by atoms with van der Waals surface area (Å²) in [7, 11) is 0. The standard InChI is InChI=1S/C30H11Cl3O2/c31-21-11-20-19-10-13-5-7-16-24-18(14-3-1-2-4-15(14)29(16)34)9-12-6-8-17(25(19)23(12)22(13)24)30(35)26(20)28(33)27(21)32/h1-11H. The molecule has 0 saturated carbocycles. The maximum atomic E-state index is 13.7. The molecule has 0 radical (unpaired) electrons. The van der Waals surface area contributed by atoms with Gasteiger partial charge in [-0.25, -0.2) is 0 Å². The van der Waals surface area contributed by atoms with E-state index in [1.165, 1.54) is 0 Å². The number of benzene rings is 8. The maximum Gasteiger partial charge on any atom is 0.195 e. The van der Waals surface area contributed by atoms with E-state index in [2.05, 4.69) is 12.1 Å². The molecule has 8 aromatic carbocycles. The molecular weight excluding hydrogens is 499 g/mol. The van der Waals surface area contributed by atoms with E-state index in [1.54, 1.807) is 6.07 Å². The van der Waals surface area contributed by atoms with E-state index in [-0.39, 0.29) is 20.9 Å². The fourth-order valence-corrected chi connectivity index (χ4v) is 6.75. The fraction of sp³-hybridized carbons (Fsp3) is 0. The Bertz CT molecular complexity index is 2340. The van der Waals surface area contributed by atoms with Crippen molar-refractivity contribution in [3.63, 3.8) is 0 Å². The van der Waals surface area contributed by atoms with Crippen LogP contribution >= 0.6 is 34.8 Å². The monoisotopic (exact) mass is 508 g/mol. The van der Waals surface area contributed by atoms with E-state index in [4.69, 9.17) is 34.8 Å². The van der Waals surface area contributed by atoms with Crippen molar-refractivity contribution in [2.24, 2.45) is 0 Å². The van der Waals surface area contributed by atoms with Crippen LogP contribution < -0.4 is 10.9 Å². The van der Waals surface area contributed by atoms with Crippen molar-refractivity contribution in [2.75, 3.05) is 0 Å². The Morgan fingerprint density at radius 1 is 0.429 bits per heavy atom. The first-order valence-corrected chi connectivity index (χ1v) is 12.2. The zero-order valence-corrected chi connectivity index (χ0v) is 20.1. The molecule has 5 heteroatoms. The van der Waals surface area contributed by atoms with Gasteiger partial charge in [-0.15, -0.1) is 0 Å². The van der Waals surface area contributed by atoms with Crippen molar-refractivity contribution >= 4 is 110 Å². The van der Waals surface area contributed by atoms with Crippen LogP contribution in [0.1, 0.15) is 0 Å². The zero-order valence-electron chi connectivity index (χ0n) is 17.8. The van der Waals surface area contributed by atoms with Crippen molar-refractivity contribution < 1.29 is 0 Å². The van der Waals surface area contributed by atoms with Crippen LogP contribution in [0.3, 0.4) is 0 Å². The first-order chi connectivity index (χ1) is 17.0. The third kappa shape index (κ3) is 2.24. The number of hydrogen-bond donors (Lipinski definition) is 0. The molecule has 0 heterocycles. The van der Waals surface area contributed by atoms with E-state index in [9.17, 15) is 9.59 Å². The topological polar surface area (TPSA) is 34.1 Å². The summed E-state index contributed by atoms with van der Waals surface area (Å²) in [6.07, 6.45) is 0. The third-order valence-electron chi connectivity index (χ3n) is 7.49. The molecule has 0 bridgehead atoms. The van der Waals surface area contributed by atoms with Crippen LogP contribution in [-0.2, 0) is 0 Å². The van der Waals surface area contributed by atoms with Gasteiger partial charge in [0.25, 0.3) is 0 Å². The predicted octanol–water partition coefficient (Wildman–Crippen LogP) is 8.75. The van der Waals surface area contributed by atoms with Crippen LogP contribution in [0.25, 0.3) is 75.4 Å². The van der Waals surface area contributed by atoms with Crippen molar-refractivity contribution in [1.29, 1.82) is 0 Å². The van der Waals surface area contributed by atoms with Gasteiger partial charge < -0.3 is 0 Å². The molecule has 0 aliphatic carbocycles. The smallest absolute Gasteiger partial charge is 0.195 e. The second-order valence-corrected chi connectivity index (χ2v) is 10.3. The summed E-state index contributed by atoms with van der Waals surface area (Å²) in [6, 6.07) is 21.4. The summed E-state index contributed by atoms with van der Waals surface area (Å²) >= 11 is 19.3. The Labute approximate surface area is 211 Å². The van der Waals surface area contributed by atoms with Crippen molar-refractivity contribution in [3.8, 4) is 0 Å². The average Bonchev–Trinajstić information content (AvgIpc) is 2.88. The van der Waals surface area contributed by atoms with Gasteiger partial charge in [0.15, 0.2) is 10.9 Å². The molecule has 0 unspecified atom stereocenters. The van der Waals surface area contributed by atoms with E-state index in [0.29, 0.717) is 32.0 Å². The molecule has 164 valence electrons. The van der Waals surface area contributed by atoms with Gasteiger partial charge in [0, 0.05) is 26.9 Å². The Kier molecular flexibility index (Phi) is 3.63. The highest BCUT2D eigenvalue weighted by molar-refractivity contribution is 6.52. The highest BCUT2D eigenvalue weighted by Gasteiger charge is 2.23. The first-order valence-electron chi connectivity index (χ1n) is 11.1. The molecule has 35 heavy (non-hydrogen) atoms. The van der Waals surface area contributed by atoms with Gasteiger partial charge in [0.05, 0.1) is 20.5 Å². The quantitative estimate of drug-likeness (QED) is 0.116.